The Balaban J connectivity index is 2.88. The molecule has 0 amide bonds. The lowest BCUT2D eigenvalue weighted by atomic mass is 10.1. The number of phenols is 1. The molecule has 3 heteroatoms. The van der Waals surface area contributed by atoms with Crippen LogP contribution in [0.15, 0.2) is 12.1 Å². The van der Waals surface area contributed by atoms with E-state index in [1.54, 1.807) is 12.1 Å². The van der Waals surface area contributed by atoms with Crippen LogP contribution in [0, 0.1) is 6.92 Å². The third-order valence-corrected chi connectivity index (χ3v) is 2.35. The van der Waals surface area contributed by atoms with Crippen LogP contribution in [-0.2, 0) is 6.42 Å². The van der Waals surface area contributed by atoms with Gasteiger partial charge in [0.05, 0.1) is 5.02 Å². The van der Waals surface area contributed by atoms with Crippen LogP contribution in [0.3, 0.4) is 0 Å². The van der Waals surface area contributed by atoms with Crippen molar-refractivity contribution in [2.24, 2.45) is 0 Å². The number of rotatable bonds is 3. The Bertz CT molecular complexity index is 299. The van der Waals surface area contributed by atoms with E-state index >= 15 is 0 Å². The van der Waals surface area contributed by atoms with Crippen molar-refractivity contribution in [3.8, 4) is 5.75 Å². The van der Waals surface area contributed by atoms with Crippen LogP contribution in [0.2, 0.25) is 5.02 Å². The summed E-state index contributed by atoms with van der Waals surface area (Å²) in [4.78, 5) is 0. The summed E-state index contributed by atoms with van der Waals surface area (Å²) in [7, 11) is 1.91. The Morgan fingerprint density at radius 1 is 1.46 bits per heavy atom. The topological polar surface area (TPSA) is 32.3 Å². The second-order valence-corrected chi connectivity index (χ2v) is 3.49. The maximum absolute atomic E-state index is 9.37. The minimum atomic E-state index is 0.165. The Labute approximate surface area is 83.5 Å². The summed E-state index contributed by atoms with van der Waals surface area (Å²) in [6.45, 7) is 2.90. The molecule has 0 aliphatic carbocycles. The third kappa shape index (κ3) is 2.61. The lowest BCUT2D eigenvalue weighted by Crippen LogP contribution is -2.10. The van der Waals surface area contributed by atoms with Crippen molar-refractivity contribution in [3.05, 3.63) is 28.3 Å². The van der Waals surface area contributed by atoms with Crippen LogP contribution in [0.4, 0.5) is 0 Å². The highest BCUT2D eigenvalue weighted by molar-refractivity contribution is 6.32. The average molecular weight is 200 g/mol. The molecule has 0 aliphatic rings. The molecule has 13 heavy (non-hydrogen) atoms. The fourth-order valence-corrected chi connectivity index (χ4v) is 1.45. The van der Waals surface area contributed by atoms with E-state index in [2.05, 4.69) is 5.32 Å². The summed E-state index contributed by atoms with van der Waals surface area (Å²) in [5, 5.41) is 12.9. The van der Waals surface area contributed by atoms with Gasteiger partial charge in [-0.1, -0.05) is 11.6 Å². The molecule has 1 aromatic carbocycles. The van der Waals surface area contributed by atoms with E-state index in [1.807, 2.05) is 14.0 Å². The van der Waals surface area contributed by atoms with Crippen molar-refractivity contribution in [2.75, 3.05) is 13.6 Å². The molecule has 2 N–H and O–H groups in total. The average Bonchev–Trinajstić information content (AvgIpc) is 2.09. The third-order valence-electron chi connectivity index (χ3n) is 2.05. The van der Waals surface area contributed by atoms with Gasteiger partial charge in [-0.25, -0.2) is 0 Å². The summed E-state index contributed by atoms with van der Waals surface area (Å²) < 4.78 is 0. The smallest absolute Gasteiger partial charge is 0.134 e. The molecule has 0 fully saturated rings. The first-order valence-electron chi connectivity index (χ1n) is 4.27. The minimum absolute atomic E-state index is 0.165. The second kappa shape index (κ2) is 4.49. The molecular formula is C10H14ClNO. The summed E-state index contributed by atoms with van der Waals surface area (Å²) >= 11 is 5.75. The summed E-state index contributed by atoms with van der Waals surface area (Å²) in [6.07, 6.45) is 0.910. The fourth-order valence-electron chi connectivity index (χ4n) is 1.23. The van der Waals surface area contributed by atoms with E-state index in [9.17, 15) is 5.11 Å². The van der Waals surface area contributed by atoms with E-state index in [4.69, 9.17) is 11.6 Å². The van der Waals surface area contributed by atoms with Gasteiger partial charge in [-0.15, -0.1) is 0 Å². The predicted molar refractivity (Wildman–Crippen MR) is 55.5 cm³/mol. The molecule has 2 nitrogen and oxygen atoms in total. The molecule has 0 atom stereocenters. The fraction of sp³-hybridized carbons (Fsp3) is 0.400. The number of benzene rings is 1. The Hall–Kier alpha value is -0.730. The maximum Gasteiger partial charge on any atom is 0.134 e. The van der Waals surface area contributed by atoms with Crippen LogP contribution in [0.25, 0.3) is 0 Å². The number of phenolic OH excluding ortho intramolecular Hbond substituents is 1. The highest BCUT2D eigenvalue weighted by Gasteiger charge is 2.03. The number of hydrogen-bond acceptors (Lipinski definition) is 2. The van der Waals surface area contributed by atoms with E-state index in [0.717, 1.165) is 24.1 Å². The van der Waals surface area contributed by atoms with Gasteiger partial charge in [0.25, 0.3) is 0 Å². The first-order valence-corrected chi connectivity index (χ1v) is 4.65. The van der Waals surface area contributed by atoms with Crippen LogP contribution in [0.5, 0.6) is 5.75 Å². The molecule has 0 saturated carbocycles. The molecule has 0 spiro atoms. The van der Waals surface area contributed by atoms with E-state index < -0.39 is 0 Å². The van der Waals surface area contributed by atoms with E-state index in [1.165, 1.54) is 0 Å². The van der Waals surface area contributed by atoms with Crippen molar-refractivity contribution in [1.82, 2.24) is 5.32 Å². The van der Waals surface area contributed by atoms with Gasteiger partial charge in [-0.05, 0) is 50.2 Å². The number of aromatic hydroxyl groups is 1. The summed E-state index contributed by atoms with van der Waals surface area (Å²) in [6, 6.07) is 3.52. The Morgan fingerprint density at radius 3 is 2.77 bits per heavy atom. The normalized spacial score (nSPS) is 10.4. The molecule has 0 radical (unpaired) electrons. The van der Waals surface area contributed by atoms with Crippen molar-refractivity contribution in [1.29, 1.82) is 0 Å². The Kier molecular flexibility index (Phi) is 3.58. The van der Waals surface area contributed by atoms with Gasteiger partial charge in [0.2, 0.25) is 0 Å². The quantitative estimate of drug-likeness (QED) is 0.782. The zero-order valence-corrected chi connectivity index (χ0v) is 8.65. The molecule has 0 aromatic heterocycles. The molecule has 72 valence electrons. The molecule has 1 rings (SSSR count). The van der Waals surface area contributed by atoms with Gasteiger partial charge in [-0.3, -0.25) is 0 Å². The standard InChI is InChI=1S/C10H14ClNO/c1-7-5-9(11)10(13)6-8(7)3-4-12-2/h5-6,12-13H,3-4H2,1-2H3. The van der Waals surface area contributed by atoms with Crippen molar-refractivity contribution < 1.29 is 5.11 Å². The van der Waals surface area contributed by atoms with E-state index in [-0.39, 0.29) is 5.75 Å². The molecular weight excluding hydrogens is 186 g/mol. The van der Waals surface area contributed by atoms with Gasteiger partial charge in [0, 0.05) is 0 Å². The summed E-state index contributed by atoms with van der Waals surface area (Å²) in [5.74, 6) is 0.165. The number of hydrogen-bond donors (Lipinski definition) is 2. The lowest BCUT2D eigenvalue weighted by molar-refractivity contribution is 0.474. The van der Waals surface area contributed by atoms with Crippen LogP contribution >= 0.6 is 11.6 Å². The van der Waals surface area contributed by atoms with Crippen LogP contribution < -0.4 is 5.32 Å². The van der Waals surface area contributed by atoms with Gasteiger partial charge in [-0.2, -0.15) is 0 Å². The monoisotopic (exact) mass is 199 g/mol. The highest BCUT2D eigenvalue weighted by atomic mass is 35.5. The molecule has 0 bridgehead atoms. The second-order valence-electron chi connectivity index (χ2n) is 3.08. The number of nitrogens with one attached hydrogen (secondary N) is 1. The van der Waals surface area contributed by atoms with Gasteiger partial charge >= 0.3 is 0 Å². The van der Waals surface area contributed by atoms with Gasteiger partial charge in [0.15, 0.2) is 0 Å². The largest absolute Gasteiger partial charge is 0.506 e. The SMILES string of the molecule is CNCCc1cc(O)c(Cl)cc1C. The van der Waals surface area contributed by atoms with Gasteiger partial charge in [0.1, 0.15) is 5.75 Å². The maximum atomic E-state index is 9.37. The zero-order chi connectivity index (χ0) is 9.84. The van der Waals surface area contributed by atoms with Crippen molar-refractivity contribution in [2.45, 2.75) is 13.3 Å². The van der Waals surface area contributed by atoms with Crippen LogP contribution in [0.1, 0.15) is 11.1 Å². The molecule has 0 aliphatic heterocycles. The summed E-state index contributed by atoms with van der Waals surface area (Å²) in [5.41, 5.74) is 2.26. The highest BCUT2D eigenvalue weighted by Crippen LogP contribution is 2.26. The first-order chi connectivity index (χ1) is 6.15. The van der Waals surface area contributed by atoms with Gasteiger partial charge < -0.3 is 10.4 Å². The molecule has 0 heterocycles. The predicted octanol–water partition coefficient (Wildman–Crippen LogP) is 2.12. The minimum Gasteiger partial charge on any atom is -0.506 e. The van der Waals surface area contributed by atoms with Crippen molar-refractivity contribution in [3.63, 3.8) is 0 Å². The Morgan fingerprint density at radius 2 is 2.15 bits per heavy atom. The first kappa shape index (κ1) is 10.4. The van der Waals surface area contributed by atoms with Crippen LogP contribution in [-0.4, -0.2) is 18.7 Å². The van der Waals surface area contributed by atoms with E-state index in [0.29, 0.717) is 5.02 Å². The molecule has 1 aromatic rings. The van der Waals surface area contributed by atoms with Crippen molar-refractivity contribution >= 4 is 11.6 Å². The molecule has 0 unspecified atom stereocenters. The molecule has 0 saturated heterocycles. The zero-order valence-electron chi connectivity index (χ0n) is 7.89. The number of halogens is 1. The number of aryl methyl sites for hydroxylation is 1. The lowest BCUT2D eigenvalue weighted by Gasteiger charge is -2.07. The number of likely N-dealkylation sites (N-methyl/N-ethyl adjacent to an activating group) is 1.